The Bertz CT molecular complexity index is 1660. The Morgan fingerprint density at radius 3 is 1.45 bits per heavy atom. The van der Waals surface area contributed by atoms with Gasteiger partial charge in [-0.25, -0.2) is 24.0 Å². The van der Waals surface area contributed by atoms with Crippen LogP contribution in [0.25, 0.3) is 0 Å². The molecule has 0 spiro atoms. The minimum Gasteiger partial charge on any atom is -0.494 e. The van der Waals surface area contributed by atoms with Crippen LogP contribution < -0.4 is 18.9 Å². The molecule has 3 rings (SSSR count). The number of benzene rings is 3. The van der Waals surface area contributed by atoms with E-state index < -0.39 is 29.8 Å². The summed E-state index contributed by atoms with van der Waals surface area (Å²) >= 11 is 0. The Balaban J connectivity index is 1.61. The SMILES string of the molecule is C=CC(=O)OCCCCOc1ccc(OC(=O)c2ccc(C(=O)Oc3ccc(OCCCCOC(=O)C=C)cc3)c(C(=O)OCCCCCC)c2)cc1. The van der Waals surface area contributed by atoms with Gasteiger partial charge in [-0.3, -0.25) is 0 Å². The molecule has 0 atom stereocenters. The Morgan fingerprint density at radius 1 is 0.491 bits per heavy atom. The standard InChI is InChI=1S/C41H46O12/c1-4-7-8-9-28-51-40(45)36-29-30(39(44)52-33-19-15-31(16-20-33)47-24-10-12-26-49-37(42)5-2)14-23-35(36)41(46)53-34-21-17-32(18-22-34)48-25-11-13-27-50-38(43)6-3/h5-6,14-23,29H,2-4,7-13,24-28H2,1H3. The van der Waals surface area contributed by atoms with Gasteiger partial charge in [0.15, 0.2) is 0 Å². The van der Waals surface area contributed by atoms with E-state index in [1.165, 1.54) is 18.2 Å². The maximum absolute atomic E-state index is 13.3. The van der Waals surface area contributed by atoms with Gasteiger partial charge in [-0.2, -0.15) is 0 Å². The first-order valence-corrected chi connectivity index (χ1v) is 17.5. The molecule has 0 bridgehead atoms. The largest absolute Gasteiger partial charge is 0.494 e. The quantitative estimate of drug-likeness (QED) is 0.0293. The molecule has 53 heavy (non-hydrogen) atoms. The van der Waals surface area contributed by atoms with Crippen molar-refractivity contribution in [2.24, 2.45) is 0 Å². The van der Waals surface area contributed by atoms with Gasteiger partial charge in [0, 0.05) is 12.2 Å². The number of ether oxygens (including phenoxy) is 7. The minimum atomic E-state index is -0.820. The molecule has 0 aliphatic rings. The summed E-state index contributed by atoms with van der Waals surface area (Å²) < 4.78 is 37.8. The molecule has 3 aromatic rings. The summed E-state index contributed by atoms with van der Waals surface area (Å²) in [6.45, 7) is 10.3. The fourth-order valence-electron chi connectivity index (χ4n) is 4.58. The molecule has 12 nitrogen and oxygen atoms in total. The van der Waals surface area contributed by atoms with Crippen molar-refractivity contribution in [2.45, 2.75) is 58.3 Å². The molecule has 12 heteroatoms. The zero-order valence-corrected chi connectivity index (χ0v) is 30.0. The molecule has 0 aliphatic carbocycles. The van der Waals surface area contributed by atoms with E-state index in [9.17, 15) is 24.0 Å². The number of rotatable bonds is 24. The highest BCUT2D eigenvalue weighted by molar-refractivity contribution is 6.06. The monoisotopic (exact) mass is 730 g/mol. The lowest BCUT2D eigenvalue weighted by molar-refractivity contribution is -0.138. The maximum atomic E-state index is 13.3. The molecule has 0 aromatic heterocycles. The van der Waals surface area contributed by atoms with E-state index in [2.05, 4.69) is 20.1 Å². The van der Waals surface area contributed by atoms with Crippen LogP contribution in [0, 0.1) is 0 Å². The highest BCUT2D eigenvalue weighted by Crippen LogP contribution is 2.23. The van der Waals surface area contributed by atoms with Crippen molar-refractivity contribution in [3.8, 4) is 23.0 Å². The summed E-state index contributed by atoms with van der Waals surface area (Å²) in [6.07, 6.45) is 8.34. The van der Waals surface area contributed by atoms with Crippen LogP contribution in [0.3, 0.4) is 0 Å². The Hall–Kier alpha value is -5.91. The highest BCUT2D eigenvalue weighted by atomic mass is 16.6. The summed E-state index contributed by atoms with van der Waals surface area (Å²) in [7, 11) is 0. The molecule has 0 heterocycles. The van der Waals surface area contributed by atoms with Gasteiger partial charge < -0.3 is 33.2 Å². The van der Waals surface area contributed by atoms with Gasteiger partial charge in [0.2, 0.25) is 0 Å². The maximum Gasteiger partial charge on any atom is 0.344 e. The first-order chi connectivity index (χ1) is 25.7. The van der Waals surface area contributed by atoms with Gasteiger partial charge in [0.1, 0.15) is 23.0 Å². The van der Waals surface area contributed by atoms with Crippen molar-refractivity contribution in [3.05, 3.63) is 109 Å². The van der Waals surface area contributed by atoms with Crippen LogP contribution in [0.1, 0.15) is 89.4 Å². The molecule has 0 saturated carbocycles. The van der Waals surface area contributed by atoms with Crippen molar-refractivity contribution < 1.29 is 57.1 Å². The van der Waals surface area contributed by atoms with Crippen LogP contribution in [0.15, 0.2) is 92.0 Å². The van der Waals surface area contributed by atoms with E-state index in [-0.39, 0.29) is 48.0 Å². The molecule has 0 saturated heterocycles. The Morgan fingerprint density at radius 2 is 0.943 bits per heavy atom. The summed E-state index contributed by atoms with van der Waals surface area (Å²) in [5.74, 6) is -1.73. The number of unbranched alkanes of at least 4 members (excludes halogenated alkanes) is 5. The van der Waals surface area contributed by atoms with E-state index >= 15 is 0 Å². The second-order valence-electron chi connectivity index (χ2n) is 11.5. The third kappa shape index (κ3) is 15.5. The second kappa shape index (κ2) is 23.5. The minimum absolute atomic E-state index is 0.0253. The highest BCUT2D eigenvalue weighted by Gasteiger charge is 2.23. The summed E-state index contributed by atoms with van der Waals surface area (Å²) in [5.41, 5.74) is -0.197. The lowest BCUT2D eigenvalue weighted by atomic mass is 10.0. The van der Waals surface area contributed by atoms with Crippen LogP contribution in [-0.4, -0.2) is 62.9 Å². The zero-order valence-electron chi connectivity index (χ0n) is 30.0. The first-order valence-electron chi connectivity index (χ1n) is 17.5. The van der Waals surface area contributed by atoms with Crippen LogP contribution in [0.4, 0.5) is 0 Å². The first kappa shape index (κ1) is 41.5. The van der Waals surface area contributed by atoms with Gasteiger partial charge in [0.05, 0.1) is 49.7 Å². The van der Waals surface area contributed by atoms with E-state index in [1.807, 2.05) is 0 Å². The van der Waals surface area contributed by atoms with Crippen molar-refractivity contribution in [1.82, 2.24) is 0 Å². The number of carbonyl (C=O) groups excluding carboxylic acids is 5. The van der Waals surface area contributed by atoms with Crippen molar-refractivity contribution in [2.75, 3.05) is 33.0 Å². The van der Waals surface area contributed by atoms with Gasteiger partial charge in [0.25, 0.3) is 0 Å². The van der Waals surface area contributed by atoms with Crippen LogP contribution >= 0.6 is 0 Å². The fraction of sp³-hybridized carbons (Fsp3) is 0.341. The predicted octanol–water partition coefficient (Wildman–Crippen LogP) is 7.64. The van der Waals surface area contributed by atoms with Crippen molar-refractivity contribution in [1.29, 1.82) is 0 Å². The molecule has 0 amide bonds. The van der Waals surface area contributed by atoms with Crippen LogP contribution in [-0.2, 0) is 23.8 Å². The third-order valence-electron chi connectivity index (χ3n) is 7.43. The molecule has 0 N–H and O–H groups in total. The third-order valence-corrected chi connectivity index (χ3v) is 7.43. The van der Waals surface area contributed by atoms with Gasteiger partial charge in [-0.1, -0.05) is 39.3 Å². The van der Waals surface area contributed by atoms with E-state index in [0.717, 1.165) is 31.4 Å². The molecule has 0 aliphatic heterocycles. The molecule has 0 radical (unpaired) electrons. The summed E-state index contributed by atoms with van der Waals surface area (Å²) in [5, 5.41) is 0. The number of hydrogen-bond acceptors (Lipinski definition) is 12. The predicted molar refractivity (Wildman–Crippen MR) is 195 cm³/mol. The number of carbonyl (C=O) groups is 5. The molecule has 0 fully saturated rings. The lowest BCUT2D eigenvalue weighted by Crippen LogP contribution is -2.18. The molecule has 282 valence electrons. The van der Waals surface area contributed by atoms with Gasteiger partial charge in [-0.05, 0) is 98.8 Å². The number of esters is 5. The Kier molecular flexibility index (Phi) is 18.4. The smallest absolute Gasteiger partial charge is 0.344 e. The van der Waals surface area contributed by atoms with Crippen LogP contribution in [0.5, 0.6) is 23.0 Å². The summed E-state index contributed by atoms with van der Waals surface area (Å²) in [6, 6.07) is 16.7. The van der Waals surface area contributed by atoms with E-state index in [0.29, 0.717) is 56.8 Å². The summed E-state index contributed by atoms with van der Waals surface area (Å²) in [4.78, 5) is 61.8. The normalized spacial score (nSPS) is 10.4. The van der Waals surface area contributed by atoms with Crippen molar-refractivity contribution in [3.63, 3.8) is 0 Å². The molecular weight excluding hydrogens is 684 g/mol. The Labute approximate surface area is 309 Å². The molecular formula is C41H46O12. The topological polar surface area (TPSA) is 150 Å². The average Bonchev–Trinajstić information content (AvgIpc) is 3.18. The van der Waals surface area contributed by atoms with Crippen LogP contribution in [0.2, 0.25) is 0 Å². The second-order valence-corrected chi connectivity index (χ2v) is 11.5. The van der Waals surface area contributed by atoms with Crippen molar-refractivity contribution >= 4 is 29.8 Å². The molecule has 3 aromatic carbocycles. The van der Waals surface area contributed by atoms with Gasteiger partial charge in [-0.15, -0.1) is 0 Å². The van der Waals surface area contributed by atoms with E-state index in [4.69, 9.17) is 33.2 Å². The fourth-order valence-corrected chi connectivity index (χ4v) is 4.58. The molecule has 0 unspecified atom stereocenters. The number of hydrogen-bond donors (Lipinski definition) is 0. The zero-order chi connectivity index (χ0) is 38.3. The van der Waals surface area contributed by atoms with Gasteiger partial charge >= 0.3 is 29.8 Å². The lowest BCUT2D eigenvalue weighted by Gasteiger charge is -2.12. The average molecular weight is 731 g/mol. The van der Waals surface area contributed by atoms with E-state index in [1.54, 1.807) is 48.5 Å².